The van der Waals surface area contributed by atoms with Crippen LogP contribution >= 0.6 is 27.3 Å². The standard InChI is InChI=1S/C12H14BrNO3S/c1-2-14(8-7-12(16)17)11(15)6-4-9-3-5-10(13)18-9/h3-6H,2,7-8H2,1H3,(H,16,17)/b6-4+. The number of aliphatic carboxylic acids is 1. The topological polar surface area (TPSA) is 57.6 Å². The summed E-state index contributed by atoms with van der Waals surface area (Å²) in [6.45, 7) is 2.57. The predicted molar refractivity (Wildman–Crippen MR) is 75.6 cm³/mol. The first-order chi connectivity index (χ1) is 8.52. The van der Waals surface area contributed by atoms with Crippen LogP contribution < -0.4 is 0 Å². The summed E-state index contributed by atoms with van der Waals surface area (Å²) in [5, 5.41) is 8.59. The molecular weight excluding hydrogens is 318 g/mol. The highest BCUT2D eigenvalue weighted by atomic mass is 79.9. The quantitative estimate of drug-likeness (QED) is 0.815. The van der Waals surface area contributed by atoms with Crippen molar-refractivity contribution >= 4 is 45.2 Å². The Kier molecular flexibility index (Phi) is 6.07. The van der Waals surface area contributed by atoms with Crippen LogP contribution in [0.25, 0.3) is 6.08 Å². The number of hydrogen-bond acceptors (Lipinski definition) is 3. The van der Waals surface area contributed by atoms with Crippen LogP contribution in [0.1, 0.15) is 18.2 Å². The van der Waals surface area contributed by atoms with Gasteiger partial charge in [0.05, 0.1) is 10.2 Å². The molecule has 98 valence electrons. The number of hydrogen-bond donors (Lipinski definition) is 1. The molecule has 18 heavy (non-hydrogen) atoms. The minimum absolute atomic E-state index is 0.0298. The summed E-state index contributed by atoms with van der Waals surface area (Å²) in [6.07, 6.45) is 3.18. The summed E-state index contributed by atoms with van der Waals surface area (Å²) in [6, 6.07) is 3.82. The van der Waals surface area contributed by atoms with Crippen molar-refractivity contribution in [1.82, 2.24) is 4.90 Å². The number of amides is 1. The van der Waals surface area contributed by atoms with Crippen molar-refractivity contribution in [2.75, 3.05) is 13.1 Å². The Morgan fingerprint density at radius 3 is 2.72 bits per heavy atom. The second kappa shape index (κ2) is 7.33. The Bertz CT molecular complexity index is 456. The van der Waals surface area contributed by atoms with E-state index in [1.54, 1.807) is 6.08 Å². The van der Waals surface area contributed by atoms with Gasteiger partial charge in [-0.15, -0.1) is 11.3 Å². The fourth-order valence-corrected chi connectivity index (χ4v) is 2.66. The normalized spacial score (nSPS) is 10.8. The van der Waals surface area contributed by atoms with E-state index in [2.05, 4.69) is 15.9 Å². The van der Waals surface area contributed by atoms with Gasteiger partial charge in [-0.3, -0.25) is 9.59 Å². The molecule has 0 saturated carbocycles. The van der Waals surface area contributed by atoms with E-state index in [1.165, 1.54) is 22.3 Å². The SMILES string of the molecule is CCN(CCC(=O)O)C(=O)/C=C/c1ccc(Br)s1. The molecule has 1 amide bonds. The van der Waals surface area contributed by atoms with Crippen molar-refractivity contribution in [2.24, 2.45) is 0 Å². The number of nitrogens with zero attached hydrogens (tertiary/aromatic N) is 1. The summed E-state index contributed by atoms with van der Waals surface area (Å²) in [5.74, 6) is -1.06. The number of carbonyl (C=O) groups excluding carboxylic acids is 1. The van der Waals surface area contributed by atoms with E-state index in [-0.39, 0.29) is 18.9 Å². The van der Waals surface area contributed by atoms with Gasteiger partial charge in [0.15, 0.2) is 0 Å². The molecule has 1 rings (SSSR count). The largest absolute Gasteiger partial charge is 0.481 e. The van der Waals surface area contributed by atoms with Gasteiger partial charge in [0.2, 0.25) is 5.91 Å². The third-order valence-corrected chi connectivity index (χ3v) is 3.86. The highest BCUT2D eigenvalue weighted by Gasteiger charge is 2.09. The third kappa shape index (κ3) is 5.01. The molecule has 0 aromatic carbocycles. The molecule has 6 heteroatoms. The monoisotopic (exact) mass is 331 g/mol. The summed E-state index contributed by atoms with van der Waals surface area (Å²) in [5.41, 5.74) is 0. The lowest BCUT2D eigenvalue weighted by Crippen LogP contribution is -2.31. The van der Waals surface area contributed by atoms with Gasteiger partial charge >= 0.3 is 5.97 Å². The first kappa shape index (κ1) is 14.9. The average molecular weight is 332 g/mol. The maximum Gasteiger partial charge on any atom is 0.305 e. The van der Waals surface area contributed by atoms with E-state index in [0.717, 1.165) is 8.66 Å². The average Bonchev–Trinajstić information content (AvgIpc) is 2.73. The fourth-order valence-electron chi connectivity index (χ4n) is 1.33. The Labute approximate surface area is 118 Å². The van der Waals surface area contributed by atoms with Gasteiger partial charge in [0, 0.05) is 24.0 Å². The molecule has 1 heterocycles. The van der Waals surface area contributed by atoms with Crippen LogP contribution in [0.2, 0.25) is 0 Å². The maximum atomic E-state index is 11.8. The van der Waals surface area contributed by atoms with Crippen LogP contribution in [-0.4, -0.2) is 35.0 Å². The number of carboxylic acids is 1. The Hall–Kier alpha value is -1.14. The summed E-state index contributed by atoms with van der Waals surface area (Å²) in [4.78, 5) is 24.8. The third-order valence-electron chi connectivity index (χ3n) is 2.27. The van der Waals surface area contributed by atoms with Crippen LogP contribution in [-0.2, 0) is 9.59 Å². The molecule has 0 radical (unpaired) electrons. The zero-order valence-corrected chi connectivity index (χ0v) is 12.3. The number of carboxylic acid groups (broad SMARTS) is 1. The van der Waals surface area contributed by atoms with Gasteiger partial charge in [-0.25, -0.2) is 0 Å². The molecule has 1 aromatic rings. The number of likely N-dealkylation sites (N-methyl/N-ethyl adjacent to an activating group) is 1. The summed E-state index contributed by atoms with van der Waals surface area (Å²) in [7, 11) is 0. The Morgan fingerprint density at radius 2 is 2.22 bits per heavy atom. The highest BCUT2D eigenvalue weighted by Crippen LogP contribution is 2.22. The molecule has 0 saturated heterocycles. The molecule has 0 aliphatic rings. The smallest absolute Gasteiger partial charge is 0.305 e. The van der Waals surface area contributed by atoms with Crippen molar-refractivity contribution in [3.05, 3.63) is 26.9 Å². The first-order valence-corrected chi connectivity index (χ1v) is 7.08. The molecule has 1 aromatic heterocycles. The van der Waals surface area contributed by atoms with Gasteiger partial charge in [0.25, 0.3) is 0 Å². The molecular formula is C12H14BrNO3S. The Balaban J connectivity index is 2.56. The number of carbonyl (C=O) groups is 2. The maximum absolute atomic E-state index is 11.8. The molecule has 0 unspecified atom stereocenters. The van der Waals surface area contributed by atoms with Gasteiger partial charge < -0.3 is 10.0 Å². The molecule has 0 spiro atoms. The van der Waals surface area contributed by atoms with Gasteiger partial charge in [-0.05, 0) is 41.1 Å². The van der Waals surface area contributed by atoms with Crippen molar-refractivity contribution in [3.63, 3.8) is 0 Å². The molecule has 0 atom stereocenters. The zero-order chi connectivity index (χ0) is 13.5. The number of halogens is 1. The molecule has 1 N–H and O–H groups in total. The lowest BCUT2D eigenvalue weighted by Gasteiger charge is -2.17. The number of thiophene rings is 1. The summed E-state index contributed by atoms with van der Waals surface area (Å²) < 4.78 is 1.01. The lowest BCUT2D eigenvalue weighted by molar-refractivity contribution is -0.137. The predicted octanol–water partition coefficient (Wildman–Crippen LogP) is 2.85. The first-order valence-electron chi connectivity index (χ1n) is 5.47. The summed E-state index contributed by atoms with van der Waals surface area (Å²) >= 11 is 4.88. The van der Waals surface area contributed by atoms with E-state index >= 15 is 0 Å². The van der Waals surface area contributed by atoms with E-state index in [9.17, 15) is 9.59 Å². The Morgan fingerprint density at radius 1 is 1.50 bits per heavy atom. The van der Waals surface area contributed by atoms with E-state index in [1.807, 2.05) is 19.1 Å². The van der Waals surface area contributed by atoms with Crippen LogP contribution in [0.4, 0.5) is 0 Å². The molecule has 4 nitrogen and oxygen atoms in total. The van der Waals surface area contributed by atoms with Crippen molar-refractivity contribution in [3.8, 4) is 0 Å². The highest BCUT2D eigenvalue weighted by molar-refractivity contribution is 9.11. The molecule has 0 aliphatic carbocycles. The second-order valence-corrected chi connectivity index (χ2v) is 6.03. The van der Waals surface area contributed by atoms with Crippen molar-refractivity contribution in [1.29, 1.82) is 0 Å². The fraction of sp³-hybridized carbons (Fsp3) is 0.333. The minimum Gasteiger partial charge on any atom is -0.481 e. The molecule has 0 fully saturated rings. The lowest BCUT2D eigenvalue weighted by atomic mass is 10.3. The van der Waals surface area contributed by atoms with Crippen LogP contribution in [0.15, 0.2) is 22.0 Å². The van der Waals surface area contributed by atoms with Crippen LogP contribution in [0.5, 0.6) is 0 Å². The molecule has 0 aliphatic heterocycles. The number of rotatable bonds is 6. The minimum atomic E-state index is -0.896. The van der Waals surface area contributed by atoms with Crippen molar-refractivity contribution in [2.45, 2.75) is 13.3 Å². The zero-order valence-electron chi connectivity index (χ0n) is 9.93. The van der Waals surface area contributed by atoms with E-state index < -0.39 is 5.97 Å². The van der Waals surface area contributed by atoms with Gasteiger partial charge in [-0.1, -0.05) is 0 Å². The van der Waals surface area contributed by atoms with Crippen LogP contribution in [0.3, 0.4) is 0 Å². The van der Waals surface area contributed by atoms with Gasteiger partial charge in [0.1, 0.15) is 0 Å². The second-order valence-electron chi connectivity index (χ2n) is 3.54. The van der Waals surface area contributed by atoms with Gasteiger partial charge in [-0.2, -0.15) is 0 Å². The van der Waals surface area contributed by atoms with E-state index in [4.69, 9.17) is 5.11 Å². The van der Waals surface area contributed by atoms with Crippen molar-refractivity contribution < 1.29 is 14.7 Å². The molecule has 0 bridgehead atoms. The van der Waals surface area contributed by atoms with Crippen LogP contribution in [0, 0.1) is 0 Å². The van der Waals surface area contributed by atoms with E-state index in [0.29, 0.717) is 6.54 Å².